The summed E-state index contributed by atoms with van der Waals surface area (Å²) < 4.78 is 13.0. The zero-order valence-electron chi connectivity index (χ0n) is 19.5. The van der Waals surface area contributed by atoms with Crippen LogP contribution in [0.15, 0.2) is 41.2 Å². The monoisotopic (exact) mass is 466 g/mol. The first kappa shape index (κ1) is 22.3. The number of likely N-dealkylation sites (tertiary alicyclic amines) is 1. The SMILES string of the molecule is CC(C)[C@H](NC(=O)N1C[C@@H]2C[C@@H](C1)c1cccc(=O)n1C2)C(=O)Nc1ccc2c(c1)OCCO2. The van der Waals surface area contributed by atoms with E-state index in [4.69, 9.17) is 9.47 Å². The topological polar surface area (TPSA) is 102 Å². The van der Waals surface area contributed by atoms with E-state index in [9.17, 15) is 14.4 Å². The largest absolute Gasteiger partial charge is 0.486 e. The summed E-state index contributed by atoms with van der Waals surface area (Å²) in [6, 6.07) is 9.65. The summed E-state index contributed by atoms with van der Waals surface area (Å²) in [7, 11) is 0. The molecule has 2 N–H and O–H groups in total. The average Bonchev–Trinajstić information content (AvgIpc) is 2.82. The molecule has 9 nitrogen and oxygen atoms in total. The molecule has 2 bridgehead atoms. The smallest absolute Gasteiger partial charge is 0.318 e. The second-order valence-electron chi connectivity index (χ2n) is 9.62. The van der Waals surface area contributed by atoms with E-state index in [0.29, 0.717) is 50.0 Å². The van der Waals surface area contributed by atoms with Gasteiger partial charge in [-0.3, -0.25) is 9.59 Å². The molecule has 4 heterocycles. The number of nitrogens with one attached hydrogen (secondary N) is 2. The minimum atomic E-state index is -0.697. The van der Waals surface area contributed by atoms with E-state index < -0.39 is 6.04 Å². The van der Waals surface area contributed by atoms with E-state index in [1.54, 1.807) is 35.2 Å². The van der Waals surface area contributed by atoms with Crippen molar-refractivity contribution < 1.29 is 19.1 Å². The molecule has 1 fully saturated rings. The summed E-state index contributed by atoms with van der Waals surface area (Å²) in [5, 5.41) is 5.84. The average molecular weight is 467 g/mol. The lowest BCUT2D eigenvalue weighted by Crippen LogP contribution is -2.56. The molecular weight excluding hydrogens is 436 g/mol. The van der Waals surface area contributed by atoms with E-state index in [2.05, 4.69) is 10.6 Å². The van der Waals surface area contributed by atoms with Gasteiger partial charge < -0.3 is 29.6 Å². The van der Waals surface area contributed by atoms with E-state index in [0.717, 1.165) is 12.1 Å². The molecule has 0 radical (unpaired) electrons. The van der Waals surface area contributed by atoms with Gasteiger partial charge in [-0.25, -0.2) is 4.79 Å². The number of carbonyl (C=O) groups excluding carboxylic acids is 2. The van der Waals surface area contributed by atoms with Crippen LogP contribution in [0.4, 0.5) is 10.5 Å². The van der Waals surface area contributed by atoms with Crippen molar-refractivity contribution in [3.8, 4) is 11.5 Å². The zero-order valence-corrected chi connectivity index (χ0v) is 19.5. The highest BCUT2D eigenvalue weighted by Gasteiger charge is 2.37. The van der Waals surface area contributed by atoms with E-state index in [1.165, 1.54) is 0 Å². The van der Waals surface area contributed by atoms with Gasteiger partial charge in [-0.2, -0.15) is 0 Å². The van der Waals surface area contributed by atoms with Gasteiger partial charge in [-0.05, 0) is 36.5 Å². The summed E-state index contributed by atoms with van der Waals surface area (Å²) >= 11 is 0. The standard InChI is InChI=1S/C25H30N4O5/c1-15(2)23(24(31)26-18-6-7-20-21(11-18)34-9-8-33-20)27-25(32)28-12-16-10-17(14-28)19-4-3-5-22(30)29(19)13-16/h3-7,11,15-17,23H,8-10,12-14H2,1-2H3,(H,26,31)(H,27,32)/t16-,17-,23-/m0/s1. The molecule has 180 valence electrons. The van der Waals surface area contributed by atoms with Gasteiger partial charge in [0.2, 0.25) is 5.91 Å². The van der Waals surface area contributed by atoms with Crippen molar-refractivity contribution in [3.63, 3.8) is 0 Å². The second kappa shape index (κ2) is 9.04. The van der Waals surface area contributed by atoms with Gasteiger partial charge in [0.05, 0.1) is 0 Å². The van der Waals surface area contributed by atoms with Crippen molar-refractivity contribution >= 4 is 17.6 Å². The van der Waals surface area contributed by atoms with Crippen molar-refractivity contribution in [2.75, 3.05) is 31.6 Å². The Morgan fingerprint density at radius 1 is 1.03 bits per heavy atom. The van der Waals surface area contributed by atoms with Gasteiger partial charge in [0.15, 0.2) is 11.5 Å². The Labute approximate surface area is 198 Å². The van der Waals surface area contributed by atoms with Crippen LogP contribution in [0, 0.1) is 11.8 Å². The maximum atomic E-state index is 13.2. The third-order valence-corrected chi connectivity index (χ3v) is 6.80. The van der Waals surface area contributed by atoms with Crippen LogP contribution in [0.25, 0.3) is 0 Å². The van der Waals surface area contributed by atoms with Crippen molar-refractivity contribution in [3.05, 3.63) is 52.4 Å². The number of amides is 3. The Hall–Kier alpha value is -3.49. The Bertz CT molecular complexity index is 1160. The third kappa shape index (κ3) is 4.34. The molecule has 9 heteroatoms. The Morgan fingerprint density at radius 3 is 2.62 bits per heavy atom. The number of piperidine rings is 1. The van der Waals surface area contributed by atoms with Gasteiger partial charge in [-0.1, -0.05) is 19.9 Å². The molecule has 5 rings (SSSR count). The van der Waals surface area contributed by atoms with Crippen molar-refractivity contribution in [1.82, 2.24) is 14.8 Å². The minimum absolute atomic E-state index is 0.0146. The lowest BCUT2D eigenvalue weighted by Gasteiger charge is -2.43. The van der Waals surface area contributed by atoms with E-state index >= 15 is 0 Å². The first-order valence-electron chi connectivity index (χ1n) is 11.8. The Kier molecular flexibility index (Phi) is 5.93. The highest BCUT2D eigenvalue weighted by molar-refractivity contribution is 5.97. The number of urea groups is 1. The molecule has 3 atom stereocenters. The van der Waals surface area contributed by atoms with Gasteiger partial charge in [-0.15, -0.1) is 0 Å². The molecule has 0 unspecified atom stereocenters. The highest BCUT2D eigenvalue weighted by Crippen LogP contribution is 2.35. The molecule has 3 aliphatic rings. The second-order valence-corrected chi connectivity index (χ2v) is 9.62. The summed E-state index contributed by atoms with van der Waals surface area (Å²) in [5.74, 6) is 1.20. The van der Waals surface area contributed by atoms with E-state index in [-0.39, 0.29) is 35.3 Å². The van der Waals surface area contributed by atoms with Crippen LogP contribution in [0.3, 0.4) is 0 Å². The van der Waals surface area contributed by atoms with Crippen LogP contribution in [0.2, 0.25) is 0 Å². The number of aromatic nitrogens is 1. The molecule has 2 aromatic rings. The number of carbonyl (C=O) groups is 2. The molecule has 0 saturated carbocycles. The van der Waals surface area contributed by atoms with Crippen molar-refractivity contribution in [1.29, 1.82) is 0 Å². The molecule has 0 aliphatic carbocycles. The Morgan fingerprint density at radius 2 is 1.82 bits per heavy atom. The van der Waals surface area contributed by atoms with Crippen molar-refractivity contribution in [2.24, 2.45) is 11.8 Å². The van der Waals surface area contributed by atoms with Crippen LogP contribution in [-0.4, -0.2) is 53.8 Å². The number of hydrogen-bond acceptors (Lipinski definition) is 5. The van der Waals surface area contributed by atoms with Gasteiger partial charge in [0.1, 0.15) is 19.3 Å². The number of fused-ring (bicyclic) bond motifs is 5. The maximum absolute atomic E-state index is 13.2. The van der Waals surface area contributed by atoms with Crippen LogP contribution in [-0.2, 0) is 11.3 Å². The number of hydrogen-bond donors (Lipinski definition) is 2. The summed E-state index contributed by atoms with van der Waals surface area (Å²) in [6.07, 6.45) is 0.964. The molecule has 34 heavy (non-hydrogen) atoms. The van der Waals surface area contributed by atoms with Crippen LogP contribution in [0.5, 0.6) is 11.5 Å². The van der Waals surface area contributed by atoms with Crippen molar-refractivity contribution in [2.45, 2.75) is 38.8 Å². The molecule has 1 aromatic heterocycles. The molecule has 0 spiro atoms. The quantitative estimate of drug-likeness (QED) is 0.721. The minimum Gasteiger partial charge on any atom is -0.486 e. The molecule has 3 amide bonds. The molecule has 3 aliphatic heterocycles. The predicted molar refractivity (Wildman–Crippen MR) is 126 cm³/mol. The number of anilines is 1. The Balaban J connectivity index is 1.26. The van der Waals surface area contributed by atoms with Gasteiger partial charge in [0.25, 0.3) is 5.56 Å². The first-order valence-corrected chi connectivity index (χ1v) is 11.8. The summed E-state index contributed by atoms with van der Waals surface area (Å²) in [6.45, 7) is 6.49. The zero-order chi connectivity index (χ0) is 23.8. The molecule has 1 saturated heterocycles. The number of rotatable bonds is 4. The van der Waals surface area contributed by atoms with Crippen LogP contribution >= 0.6 is 0 Å². The lowest BCUT2D eigenvalue weighted by molar-refractivity contribution is -0.118. The molecule has 1 aromatic carbocycles. The normalized spacial score (nSPS) is 21.4. The first-order chi connectivity index (χ1) is 16.4. The van der Waals surface area contributed by atoms with Gasteiger partial charge >= 0.3 is 6.03 Å². The summed E-state index contributed by atoms with van der Waals surface area (Å²) in [4.78, 5) is 40.3. The van der Waals surface area contributed by atoms with Crippen LogP contribution in [0.1, 0.15) is 31.9 Å². The number of nitrogens with zero attached hydrogens (tertiary/aromatic N) is 2. The number of pyridine rings is 1. The predicted octanol–water partition coefficient (Wildman–Crippen LogP) is 2.41. The fraction of sp³-hybridized carbons (Fsp3) is 0.480. The number of ether oxygens (including phenoxy) is 2. The maximum Gasteiger partial charge on any atom is 0.318 e. The lowest BCUT2D eigenvalue weighted by atomic mass is 9.83. The van der Waals surface area contributed by atoms with E-state index in [1.807, 2.05) is 24.5 Å². The van der Waals surface area contributed by atoms with Gasteiger partial charge in [0, 0.05) is 49.1 Å². The fourth-order valence-corrected chi connectivity index (χ4v) is 5.16. The highest BCUT2D eigenvalue weighted by atomic mass is 16.6. The molecular formula is C25H30N4O5. The third-order valence-electron chi connectivity index (χ3n) is 6.80. The summed E-state index contributed by atoms with van der Waals surface area (Å²) in [5.41, 5.74) is 1.59. The van der Waals surface area contributed by atoms with Crippen LogP contribution < -0.4 is 25.7 Å². The number of benzene rings is 1. The fourth-order valence-electron chi connectivity index (χ4n) is 5.16.